The van der Waals surface area contributed by atoms with Gasteiger partial charge >= 0.3 is 0 Å². The van der Waals surface area contributed by atoms with Crippen LogP contribution in [0.4, 0.5) is 0 Å². The van der Waals surface area contributed by atoms with Crippen LogP contribution in [0.3, 0.4) is 0 Å². The fourth-order valence-corrected chi connectivity index (χ4v) is 4.84. The molecule has 88 valence electrons. The van der Waals surface area contributed by atoms with Gasteiger partial charge in [0.15, 0.2) is 0 Å². The van der Waals surface area contributed by atoms with Crippen LogP contribution >= 0.6 is 0 Å². The second kappa shape index (κ2) is 3.44. The average Bonchev–Trinajstić information content (AvgIpc) is 2.27. The molecule has 0 atom stereocenters. The molecule has 0 heterocycles. The van der Waals surface area contributed by atoms with E-state index in [0.717, 1.165) is 23.7 Å². The number of hydrogen-bond acceptors (Lipinski definition) is 1. The monoisotopic (exact) mass is 226 g/mol. The van der Waals surface area contributed by atoms with Crippen LogP contribution < -0.4 is 5.11 Å². The molecule has 0 amide bonds. The average molecular weight is 226 g/mol. The lowest BCUT2D eigenvalue weighted by Gasteiger charge is -2.51. The van der Waals surface area contributed by atoms with Crippen LogP contribution in [0.25, 0.3) is 0 Å². The van der Waals surface area contributed by atoms with Crippen molar-refractivity contribution in [3.05, 3.63) is 35.7 Å². The number of hydrogen-bond donors (Lipinski definition) is 0. The molecule has 0 unspecified atom stereocenters. The molecule has 4 fully saturated rings. The molecule has 1 aromatic rings. The minimum Gasteiger partial charge on any atom is -0.862 e. The van der Waals surface area contributed by atoms with Gasteiger partial charge in [0.25, 0.3) is 0 Å². The van der Waals surface area contributed by atoms with Crippen molar-refractivity contribution in [2.24, 2.45) is 23.7 Å². The zero-order chi connectivity index (χ0) is 11.4. The Morgan fingerprint density at radius 1 is 0.941 bits per heavy atom. The first-order chi connectivity index (χ1) is 8.29. The van der Waals surface area contributed by atoms with E-state index in [9.17, 15) is 5.11 Å². The zero-order valence-electron chi connectivity index (χ0n) is 10.1. The first-order valence-electron chi connectivity index (χ1n) is 6.94. The largest absolute Gasteiger partial charge is 0.862 e. The van der Waals surface area contributed by atoms with Gasteiger partial charge in [0.05, 0.1) is 0 Å². The van der Waals surface area contributed by atoms with Crippen molar-refractivity contribution < 1.29 is 5.11 Å². The molecular weight excluding hydrogens is 208 g/mol. The van der Waals surface area contributed by atoms with Crippen molar-refractivity contribution in [2.75, 3.05) is 0 Å². The summed E-state index contributed by atoms with van der Waals surface area (Å²) in [5.74, 6) is 5.40. The summed E-state index contributed by atoms with van der Waals surface area (Å²) >= 11 is 0. The summed E-state index contributed by atoms with van der Waals surface area (Å²) < 4.78 is 0. The maximum absolute atomic E-state index is 11.5. The molecule has 0 aromatic heterocycles. The van der Waals surface area contributed by atoms with Gasteiger partial charge in [-0.05, 0) is 61.8 Å². The highest BCUT2D eigenvalue weighted by Gasteiger charge is 2.52. The van der Waals surface area contributed by atoms with Crippen molar-refractivity contribution in [1.82, 2.24) is 0 Å². The third-order valence-corrected chi connectivity index (χ3v) is 5.19. The van der Waals surface area contributed by atoms with Crippen molar-refractivity contribution in [3.63, 3.8) is 0 Å². The second-order valence-electron chi connectivity index (χ2n) is 6.29. The summed E-state index contributed by atoms with van der Waals surface area (Å²) in [4.78, 5) is 0. The quantitative estimate of drug-likeness (QED) is 0.675. The predicted molar refractivity (Wildman–Crippen MR) is 65.3 cm³/mol. The van der Waals surface area contributed by atoms with E-state index in [-0.39, 0.29) is 5.75 Å². The summed E-state index contributed by atoms with van der Waals surface area (Å²) in [5, 5.41) is 11.5. The van der Waals surface area contributed by atoms with Crippen LogP contribution in [0, 0.1) is 29.6 Å². The number of benzene rings is 1. The molecule has 1 nitrogen and oxygen atoms in total. The zero-order valence-corrected chi connectivity index (χ0v) is 10.1. The van der Waals surface area contributed by atoms with Crippen LogP contribution in [-0.4, -0.2) is 0 Å². The lowest BCUT2D eigenvalue weighted by Crippen LogP contribution is -2.44. The molecule has 1 heteroatoms. The summed E-state index contributed by atoms with van der Waals surface area (Å²) in [7, 11) is 0. The van der Waals surface area contributed by atoms with Crippen molar-refractivity contribution in [1.29, 1.82) is 0 Å². The Bertz CT molecular complexity index is 409. The lowest BCUT2D eigenvalue weighted by molar-refractivity contribution is -0.268. The van der Waals surface area contributed by atoms with E-state index in [1.54, 1.807) is 12.0 Å². The van der Waals surface area contributed by atoms with Crippen molar-refractivity contribution >= 4 is 0 Å². The molecular formula is C16H18O. The molecule has 1 aromatic carbocycles. The standard InChI is InChI=1S/C16H18O/c17-15-3-1-2-12(9-15)16-13-5-10-4-11(7-13)8-14(16)6-10/h1-3,9-11,13-14H,4-8H2. The minimum absolute atomic E-state index is 0.170. The second-order valence-corrected chi connectivity index (χ2v) is 6.29. The van der Waals surface area contributed by atoms with E-state index in [1.807, 2.05) is 12.1 Å². The molecule has 0 spiro atoms. The lowest BCUT2D eigenvalue weighted by atomic mass is 9.51. The summed E-state index contributed by atoms with van der Waals surface area (Å²) in [5.41, 5.74) is 1.26. The highest BCUT2D eigenvalue weighted by molar-refractivity contribution is 5.40. The van der Waals surface area contributed by atoms with Gasteiger partial charge in [-0.15, -0.1) is 0 Å². The van der Waals surface area contributed by atoms with E-state index in [2.05, 4.69) is 6.07 Å². The van der Waals surface area contributed by atoms with Gasteiger partial charge in [-0.1, -0.05) is 0 Å². The topological polar surface area (TPSA) is 23.1 Å². The van der Waals surface area contributed by atoms with Crippen molar-refractivity contribution in [3.8, 4) is 5.75 Å². The van der Waals surface area contributed by atoms with E-state index < -0.39 is 0 Å². The van der Waals surface area contributed by atoms with E-state index in [1.165, 1.54) is 37.7 Å². The van der Waals surface area contributed by atoms with Crippen LogP contribution in [0.2, 0.25) is 0 Å². The SMILES string of the molecule is [O-]c1cccc([C+]2C3CC4CC(C3)CC2C4)c1. The Balaban J connectivity index is 1.70. The Labute approximate surface area is 103 Å². The molecule has 4 saturated carbocycles. The molecule has 0 radical (unpaired) electrons. The van der Waals surface area contributed by atoms with Gasteiger partial charge in [-0.25, -0.2) is 0 Å². The first-order valence-corrected chi connectivity index (χ1v) is 6.94. The Morgan fingerprint density at radius 2 is 1.59 bits per heavy atom. The Hall–Kier alpha value is -1.11. The molecule has 17 heavy (non-hydrogen) atoms. The van der Waals surface area contributed by atoms with Crippen LogP contribution in [0.15, 0.2) is 24.3 Å². The van der Waals surface area contributed by atoms with Crippen molar-refractivity contribution in [2.45, 2.75) is 32.1 Å². The highest BCUT2D eigenvalue weighted by Crippen LogP contribution is 2.59. The smallest absolute Gasteiger partial charge is 0.132 e. The minimum atomic E-state index is 0.170. The third-order valence-electron chi connectivity index (χ3n) is 5.19. The van der Waals surface area contributed by atoms with Crippen LogP contribution in [0.1, 0.15) is 37.7 Å². The van der Waals surface area contributed by atoms with Gasteiger partial charge < -0.3 is 5.11 Å². The predicted octanol–water partition coefficient (Wildman–Crippen LogP) is 3.14. The summed E-state index contributed by atoms with van der Waals surface area (Å²) in [6.45, 7) is 0. The fraction of sp³-hybridized carbons (Fsp3) is 0.562. The Morgan fingerprint density at radius 3 is 2.18 bits per heavy atom. The first kappa shape index (κ1) is 9.87. The fourth-order valence-electron chi connectivity index (χ4n) is 4.84. The van der Waals surface area contributed by atoms with Gasteiger partial charge in [-0.2, -0.15) is 0 Å². The van der Waals surface area contributed by atoms with Gasteiger partial charge in [0.2, 0.25) is 0 Å². The molecule has 0 saturated heterocycles. The molecule has 4 aliphatic rings. The highest BCUT2D eigenvalue weighted by atomic mass is 16.3. The normalized spacial score (nSPS) is 38.7. The molecule has 5 rings (SSSR count). The number of rotatable bonds is 1. The van der Waals surface area contributed by atoms with Crippen LogP contribution in [0.5, 0.6) is 5.75 Å². The van der Waals surface area contributed by atoms with Gasteiger partial charge in [0.1, 0.15) is 5.56 Å². The molecule has 0 N–H and O–H groups in total. The summed E-state index contributed by atoms with van der Waals surface area (Å²) in [6.07, 6.45) is 7.07. The van der Waals surface area contributed by atoms with E-state index in [4.69, 9.17) is 0 Å². The molecule has 4 bridgehead atoms. The summed E-state index contributed by atoms with van der Waals surface area (Å²) in [6, 6.07) is 7.60. The third kappa shape index (κ3) is 1.48. The maximum atomic E-state index is 11.5. The van der Waals surface area contributed by atoms with E-state index in [0.29, 0.717) is 0 Å². The van der Waals surface area contributed by atoms with E-state index >= 15 is 0 Å². The molecule has 0 aliphatic heterocycles. The molecule has 4 aliphatic carbocycles. The van der Waals surface area contributed by atoms with Crippen LogP contribution in [-0.2, 0) is 0 Å². The Kier molecular flexibility index (Phi) is 2.00. The maximum Gasteiger partial charge on any atom is 0.132 e. The van der Waals surface area contributed by atoms with Gasteiger partial charge in [-0.3, -0.25) is 0 Å². The van der Waals surface area contributed by atoms with Gasteiger partial charge in [0, 0.05) is 29.9 Å².